The predicted octanol–water partition coefficient (Wildman–Crippen LogP) is 9.83. The van der Waals surface area contributed by atoms with Crippen molar-refractivity contribution in [3.8, 4) is 0 Å². The number of rotatable bonds is 38. The van der Waals surface area contributed by atoms with Gasteiger partial charge in [-0.15, -0.1) is 0 Å². The maximum atomic E-state index is 12.7. The van der Waals surface area contributed by atoms with Gasteiger partial charge in [0, 0.05) is 12.8 Å². The van der Waals surface area contributed by atoms with Gasteiger partial charge >= 0.3 is 11.9 Å². The molecule has 0 bridgehead atoms. The summed E-state index contributed by atoms with van der Waals surface area (Å²) in [6.07, 6.45) is 43.7. The van der Waals surface area contributed by atoms with Gasteiger partial charge in [0.2, 0.25) is 0 Å². The molecule has 0 rings (SSSR count). The molecule has 0 saturated carbocycles. The van der Waals surface area contributed by atoms with Crippen LogP contribution in [0.4, 0.5) is 0 Å². The Morgan fingerprint density at radius 1 is 0.554 bits per heavy atom. The normalized spacial score (nSPS) is 13.7. The second-order valence-electron chi connectivity index (χ2n) is 15.2. The highest BCUT2D eigenvalue weighted by molar-refractivity contribution is 5.70. The first kappa shape index (κ1) is 52.7. The molecule has 2 atom stereocenters. The standard InChI is InChI=1S/C47H79NO8/c1-6-8-10-12-14-16-18-19-20-21-22-23-24-25-26-27-28-30-32-34-36-38-45(50)56-43(42-55-47(46(51)52)53-40-39-48(3,4)5)41-54-44(49)37-35-33-31-29-17-15-13-11-9-7-2/h8,10-11,13-14,16,19-20,22-23,25-26,43,47H,6-7,9,12,15,17-18,21,24,27-42H2,1-5H3/b10-8-,13-11-,16-14-,20-19-,23-22-,26-25-. The fourth-order valence-electron chi connectivity index (χ4n) is 5.33. The number of hydrogen-bond donors (Lipinski definition) is 0. The Morgan fingerprint density at radius 3 is 1.54 bits per heavy atom. The molecule has 56 heavy (non-hydrogen) atoms. The summed E-state index contributed by atoms with van der Waals surface area (Å²) >= 11 is 0. The molecule has 0 aromatic carbocycles. The van der Waals surface area contributed by atoms with Gasteiger partial charge in [-0.2, -0.15) is 0 Å². The molecule has 2 unspecified atom stereocenters. The number of unbranched alkanes of at least 4 members (excludes halogenated alkanes) is 11. The number of carbonyl (C=O) groups excluding carboxylic acids is 3. The van der Waals surface area contributed by atoms with Crippen molar-refractivity contribution < 1.29 is 42.9 Å². The molecule has 0 N–H and O–H groups in total. The molecule has 0 amide bonds. The van der Waals surface area contributed by atoms with Crippen LogP contribution in [0.1, 0.15) is 149 Å². The Balaban J connectivity index is 4.48. The van der Waals surface area contributed by atoms with Crippen LogP contribution < -0.4 is 5.11 Å². The maximum Gasteiger partial charge on any atom is 0.306 e. The number of likely N-dealkylation sites (N-methyl/N-ethyl adjacent to an activating group) is 1. The number of allylic oxidation sites excluding steroid dienone is 12. The van der Waals surface area contributed by atoms with Gasteiger partial charge in [-0.05, 0) is 77.0 Å². The summed E-state index contributed by atoms with van der Waals surface area (Å²) in [7, 11) is 5.88. The third kappa shape index (κ3) is 39.0. The maximum absolute atomic E-state index is 12.7. The molecule has 0 saturated heterocycles. The molecule has 9 nitrogen and oxygen atoms in total. The monoisotopic (exact) mass is 786 g/mol. The lowest BCUT2D eigenvalue weighted by Gasteiger charge is -2.26. The van der Waals surface area contributed by atoms with Crippen LogP contribution >= 0.6 is 0 Å². The summed E-state index contributed by atoms with van der Waals surface area (Å²) in [5.41, 5.74) is 0. The van der Waals surface area contributed by atoms with Gasteiger partial charge in [-0.25, -0.2) is 0 Å². The number of carboxylic acids is 1. The van der Waals surface area contributed by atoms with Crippen molar-refractivity contribution in [3.63, 3.8) is 0 Å². The second-order valence-corrected chi connectivity index (χ2v) is 15.2. The minimum absolute atomic E-state index is 0.138. The van der Waals surface area contributed by atoms with Crippen molar-refractivity contribution >= 4 is 17.9 Å². The summed E-state index contributed by atoms with van der Waals surface area (Å²) in [5, 5.41) is 11.7. The second kappa shape index (κ2) is 38.6. The Bertz CT molecular complexity index is 1150. The molecular weight excluding hydrogens is 707 g/mol. The quantitative estimate of drug-likeness (QED) is 0.0200. The Morgan fingerprint density at radius 2 is 1.02 bits per heavy atom. The number of hydrogen-bond acceptors (Lipinski definition) is 8. The first-order chi connectivity index (χ1) is 27.1. The number of nitrogens with zero attached hydrogens (tertiary/aromatic N) is 1. The fraction of sp³-hybridized carbons (Fsp3) is 0.681. The number of ether oxygens (including phenoxy) is 4. The van der Waals surface area contributed by atoms with E-state index in [1.54, 1.807) is 0 Å². The molecule has 0 spiro atoms. The van der Waals surface area contributed by atoms with E-state index in [1.165, 1.54) is 6.42 Å². The minimum atomic E-state index is -1.63. The first-order valence-corrected chi connectivity index (χ1v) is 21.6. The summed E-state index contributed by atoms with van der Waals surface area (Å²) in [6, 6.07) is 0. The number of esters is 2. The van der Waals surface area contributed by atoms with E-state index in [0.717, 1.165) is 109 Å². The SMILES string of the molecule is CC/C=C\C/C=C\C/C=C\C/C=C\C/C=C\CCCCCCCC(=O)OC(COC(=O)CCCCCCC/C=C\CCC)COC(OCC[N+](C)(C)C)C(=O)[O-]. The molecule has 0 radical (unpaired) electrons. The zero-order valence-electron chi connectivity index (χ0n) is 36.0. The summed E-state index contributed by atoms with van der Waals surface area (Å²) < 4.78 is 22.4. The van der Waals surface area contributed by atoms with Crippen LogP contribution in [-0.2, 0) is 33.3 Å². The zero-order valence-corrected chi connectivity index (χ0v) is 36.0. The Labute approximate surface area is 341 Å². The number of carbonyl (C=O) groups is 3. The molecule has 0 aliphatic carbocycles. The highest BCUT2D eigenvalue weighted by Gasteiger charge is 2.21. The van der Waals surface area contributed by atoms with Crippen molar-refractivity contribution in [3.05, 3.63) is 72.9 Å². The smallest absolute Gasteiger partial charge is 0.306 e. The van der Waals surface area contributed by atoms with E-state index in [0.29, 0.717) is 17.4 Å². The predicted molar refractivity (Wildman–Crippen MR) is 228 cm³/mol. The molecule has 0 aliphatic heterocycles. The van der Waals surface area contributed by atoms with E-state index in [-0.39, 0.29) is 38.6 Å². The van der Waals surface area contributed by atoms with E-state index in [9.17, 15) is 19.5 Å². The van der Waals surface area contributed by atoms with Crippen molar-refractivity contribution in [2.75, 3.05) is 47.5 Å². The average Bonchev–Trinajstić information content (AvgIpc) is 3.15. The van der Waals surface area contributed by atoms with Gasteiger partial charge in [0.25, 0.3) is 0 Å². The third-order valence-corrected chi connectivity index (χ3v) is 8.67. The summed E-state index contributed by atoms with van der Waals surface area (Å²) in [6.45, 7) is 4.50. The molecule has 9 heteroatoms. The lowest BCUT2D eigenvalue weighted by Crippen LogP contribution is -2.44. The van der Waals surface area contributed by atoms with Crippen molar-refractivity contribution in [1.29, 1.82) is 0 Å². The van der Waals surface area contributed by atoms with Gasteiger partial charge in [-0.1, -0.05) is 132 Å². The van der Waals surface area contributed by atoms with Crippen LogP contribution in [0.25, 0.3) is 0 Å². The molecule has 320 valence electrons. The molecule has 0 heterocycles. The topological polar surface area (TPSA) is 111 Å². The van der Waals surface area contributed by atoms with Crippen LogP contribution in [0.5, 0.6) is 0 Å². The van der Waals surface area contributed by atoms with Crippen molar-refractivity contribution in [2.24, 2.45) is 0 Å². The lowest BCUT2D eigenvalue weighted by molar-refractivity contribution is -0.870. The lowest BCUT2D eigenvalue weighted by atomic mass is 10.1. The average molecular weight is 786 g/mol. The Hall–Kier alpha value is -3.27. The van der Waals surface area contributed by atoms with Gasteiger partial charge in [0.15, 0.2) is 12.4 Å². The fourth-order valence-corrected chi connectivity index (χ4v) is 5.33. The molecule has 0 aliphatic rings. The first-order valence-electron chi connectivity index (χ1n) is 21.6. The van der Waals surface area contributed by atoms with Gasteiger partial charge in [0.1, 0.15) is 13.2 Å². The van der Waals surface area contributed by atoms with E-state index in [4.69, 9.17) is 18.9 Å². The van der Waals surface area contributed by atoms with Crippen molar-refractivity contribution in [2.45, 2.75) is 161 Å². The van der Waals surface area contributed by atoms with E-state index in [1.807, 2.05) is 21.1 Å². The highest BCUT2D eigenvalue weighted by atomic mass is 16.7. The summed E-state index contributed by atoms with van der Waals surface area (Å²) in [5.74, 6) is -2.34. The number of quaternary nitrogens is 1. The van der Waals surface area contributed by atoms with Crippen molar-refractivity contribution in [1.82, 2.24) is 0 Å². The van der Waals surface area contributed by atoms with E-state index >= 15 is 0 Å². The van der Waals surface area contributed by atoms with E-state index in [2.05, 4.69) is 86.8 Å². The number of aliphatic carboxylic acids is 1. The largest absolute Gasteiger partial charge is 0.545 e. The third-order valence-electron chi connectivity index (χ3n) is 8.67. The van der Waals surface area contributed by atoms with Crippen LogP contribution in [-0.4, -0.2) is 82.3 Å². The van der Waals surface area contributed by atoms with Crippen LogP contribution in [0.15, 0.2) is 72.9 Å². The molecule has 0 fully saturated rings. The molecule has 0 aromatic rings. The van der Waals surface area contributed by atoms with Gasteiger partial charge < -0.3 is 33.3 Å². The van der Waals surface area contributed by atoms with Crippen LogP contribution in [0.2, 0.25) is 0 Å². The minimum Gasteiger partial charge on any atom is -0.545 e. The number of carboxylic acid groups (broad SMARTS) is 1. The van der Waals surface area contributed by atoms with Gasteiger partial charge in [0.05, 0.1) is 40.3 Å². The highest BCUT2D eigenvalue weighted by Crippen LogP contribution is 2.12. The molecule has 0 aromatic heterocycles. The zero-order chi connectivity index (χ0) is 41.4. The van der Waals surface area contributed by atoms with Crippen LogP contribution in [0, 0.1) is 0 Å². The van der Waals surface area contributed by atoms with Gasteiger partial charge in [-0.3, -0.25) is 9.59 Å². The molecular formula is C47H79NO8. The van der Waals surface area contributed by atoms with E-state index < -0.39 is 24.3 Å². The summed E-state index contributed by atoms with van der Waals surface area (Å²) in [4.78, 5) is 36.9. The Kier molecular flexibility index (Phi) is 36.3. The van der Waals surface area contributed by atoms with Crippen LogP contribution in [0.3, 0.4) is 0 Å².